The normalized spacial score (nSPS) is 16.5. The van der Waals surface area contributed by atoms with Crippen LogP contribution in [0, 0.1) is 5.92 Å². The molecule has 1 aliphatic rings. The van der Waals surface area contributed by atoms with Crippen LogP contribution in [0.1, 0.15) is 43.0 Å². The average Bonchev–Trinajstić information content (AvgIpc) is 3.54. The van der Waals surface area contributed by atoms with Crippen molar-refractivity contribution in [1.82, 2.24) is 15.2 Å². The third-order valence-electron chi connectivity index (χ3n) is 6.45. The van der Waals surface area contributed by atoms with E-state index in [2.05, 4.69) is 29.0 Å². The molecule has 8 nitrogen and oxygen atoms in total. The second-order valence-corrected chi connectivity index (χ2v) is 12.3. The van der Waals surface area contributed by atoms with Gasteiger partial charge in [0.1, 0.15) is 11.5 Å². The van der Waals surface area contributed by atoms with Gasteiger partial charge >= 0.3 is 5.91 Å². The first kappa shape index (κ1) is 28.8. The number of nitrogens with zero attached hydrogens (tertiary/aromatic N) is 4. The molecular formula is C30H27ClN4O4S2. The van der Waals surface area contributed by atoms with E-state index in [1.165, 1.54) is 40.4 Å². The van der Waals surface area contributed by atoms with E-state index < -0.39 is 17.7 Å². The number of benzene rings is 2. The number of halogens is 1. The van der Waals surface area contributed by atoms with Crippen LogP contribution in [0.4, 0.5) is 5.13 Å². The highest BCUT2D eigenvalue weighted by Gasteiger charge is 2.48. The predicted octanol–water partition coefficient (Wildman–Crippen LogP) is 6.93. The number of thioether (sulfide) groups is 1. The third-order valence-corrected chi connectivity index (χ3v) is 8.92. The van der Waals surface area contributed by atoms with Crippen LogP contribution < -0.4 is 9.64 Å². The Bertz CT molecular complexity index is 1590. The lowest BCUT2D eigenvalue weighted by atomic mass is 9.95. The maximum atomic E-state index is 13.5. The average molecular weight is 607 g/mol. The minimum absolute atomic E-state index is 0.0407. The molecule has 210 valence electrons. The number of Topliss-reactive ketones (excluding diaryl/α,β-unsaturated/α-hetero) is 1. The largest absolute Gasteiger partial charge is 0.507 e. The number of aliphatic hydroxyl groups is 1. The second kappa shape index (κ2) is 12.8. The van der Waals surface area contributed by atoms with E-state index in [1.807, 2.05) is 30.3 Å². The molecule has 1 aliphatic heterocycles. The molecular weight excluding hydrogens is 580 g/mol. The first-order valence-electron chi connectivity index (χ1n) is 13.0. The molecule has 1 N–H and O–H groups in total. The predicted molar refractivity (Wildman–Crippen MR) is 161 cm³/mol. The van der Waals surface area contributed by atoms with E-state index in [0.717, 1.165) is 12.0 Å². The molecule has 1 fully saturated rings. The number of hydrogen-bond acceptors (Lipinski definition) is 9. The number of aliphatic hydroxyl groups excluding tert-OH is 1. The Morgan fingerprint density at radius 3 is 2.63 bits per heavy atom. The molecule has 1 saturated heterocycles. The lowest BCUT2D eigenvalue weighted by Gasteiger charge is -2.23. The van der Waals surface area contributed by atoms with Crippen molar-refractivity contribution in [3.63, 3.8) is 0 Å². The van der Waals surface area contributed by atoms with Crippen molar-refractivity contribution in [3.8, 4) is 5.75 Å². The smallest absolute Gasteiger partial charge is 0.301 e. The van der Waals surface area contributed by atoms with Gasteiger partial charge in [-0.05, 0) is 53.8 Å². The zero-order valence-corrected chi connectivity index (χ0v) is 24.7. The molecule has 1 amide bonds. The third kappa shape index (κ3) is 6.45. The van der Waals surface area contributed by atoms with Crippen molar-refractivity contribution in [2.75, 3.05) is 11.5 Å². The molecule has 5 rings (SSSR count). The summed E-state index contributed by atoms with van der Waals surface area (Å²) in [5, 5.41) is 20.7. The summed E-state index contributed by atoms with van der Waals surface area (Å²) in [5.74, 6) is -0.249. The van der Waals surface area contributed by atoms with Crippen LogP contribution in [-0.4, -0.2) is 38.6 Å². The second-order valence-electron chi connectivity index (χ2n) is 9.74. The highest BCUT2D eigenvalue weighted by Crippen LogP contribution is 2.44. The van der Waals surface area contributed by atoms with E-state index in [1.54, 1.807) is 30.3 Å². The number of carbonyl (C=O) groups excluding carboxylic acids is 2. The highest BCUT2D eigenvalue weighted by molar-refractivity contribution is 8.00. The molecule has 2 aromatic carbocycles. The zero-order chi connectivity index (χ0) is 28.9. The first-order chi connectivity index (χ1) is 19.8. The van der Waals surface area contributed by atoms with E-state index in [9.17, 15) is 14.7 Å². The van der Waals surface area contributed by atoms with Gasteiger partial charge in [-0.3, -0.25) is 19.5 Å². The van der Waals surface area contributed by atoms with Gasteiger partial charge in [0.25, 0.3) is 5.78 Å². The van der Waals surface area contributed by atoms with E-state index in [-0.39, 0.29) is 16.5 Å². The van der Waals surface area contributed by atoms with Gasteiger partial charge in [0.15, 0.2) is 4.34 Å². The fourth-order valence-corrected chi connectivity index (χ4v) is 6.46. The van der Waals surface area contributed by atoms with Crippen LogP contribution in [0.2, 0.25) is 5.02 Å². The number of pyridine rings is 1. The summed E-state index contributed by atoms with van der Waals surface area (Å²) in [4.78, 5) is 32.3. The summed E-state index contributed by atoms with van der Waals surface area (Å²) in [7, 11) is 0. The topological polar surface area (TPSA) is 106 Å². The fourth-order valence-electron chi connectivity index (χ4n) is 4.31. The number of ether oxygens (including phenoxy) is 1. The van der Waals surface area contributed by atoms with Gasteiger partial charge in [-0.15, -0.1) is 10.2 Å². The summed E-state index contributed by atoms with van der Waals surface area (Å²) in [6.45, 7) is 4.77. The highest BCUT2D eigenvalue weighted by atomic mass is 35.5. The van der Waals surface area contributed by atoms with Crippen molar-refractivity contribution in [1.29, 1.82) is 0 Å². The van der Waals surface area contributed by atoms with Crippen LogP contribution in [0.5, 0.6) is 5.75 Å². The molecule has 0 bridgehead atoms. The fraction of sp³-hybridized carbons (Fsp3) is 0.233. The Morgan fingerprint density at radius 2 is 1.88 bits per heavy atom. The van der Waals surface area contributed by atoms with Crippen molar-refractivity contribution < 1.29 is 19.4 Å². The monoisotopic (exact) mass is 606 g/mol. The number of ketones is 1. The number of aromatic nitrogens is 3. The molecule has 3 heterocycles. The molecule has 1 unspecified atom stereocenters. The van der Waals surface area contributed by atoms with Crippen LogP contribution in [0.25, 0.3) is 5.76 Å². The molecule has 41 heavy (non-hydrogen) atoms. The number of amides is 1. The maximum Gasteiger partial charge on any atom is 0.301 e. The van der Waals surface area contributed by atoms with Gasteiger partial charge in [0.05, 0.1) is 18.2 Å². The molecule has 11 heteroatoms. The lowest BCUT2D eigenvalue weighted by Crippen LogP contribution is -2.29. The maximum absolute atomic E-state index is 13.5. The Kier molecular flexibility index (Phi) is 9.02. The minimum Gasteiger partial charge on any atom is -0.507 e. The van der Waals surface area contributed by atoms with E-state index >= 15 is 0 Å². The van der Waals surface area contributed by atoms with E-state index in [4.69, 9.17) is 16.3 Å². The molecule has 0 spiro atoms. The Labute approximate surface area is 251 Å². The molecule has 4 aromatic rings. The number of rotatable bonds is 10. The van der Waals surface area contributed by atoms with Crippen LogP contribution in [0.15, 0.2) is 83.0 Å². The van der Waals surface area contributed by atoms with Gasteiger partial charge in [0.2, 0.25) is 5.13 Å². The quantitative estimate of drug-likeness (QED) is 0.0681. The standard InChI is InChI=1S/C30H27ClN4O4S2/c1-18(2)12-15-39-22-8-5-7-20(16-22)25-24(26(36)19-10-13-32-14-11-19)27(37)28(38)35(25)29-33-34-30(41-29)40-17-21-6-3-4-9-23(21)31/h3-11,13-14,16,18,25,36H,12,15,17H2,1-2H3/b26-24+. The summed E-state index contributed by atoms with van der Waals surface area (Å²) >= 11 is 8.93. The summed E-state index contributed by atoms with van der Waals surface area (Å²) in [5.41, 5.74) is 1.88. The number of anilines is 1. The van der Waals surface area contributed by atoms with Gasteiger partial charge in [-0.25, -0.2) is 0 Å². The number of hydrogen-bond donors (Lipinski definition) is 1. The Hall–Kier alpha value is -3.73. The number of carbonyl (C=O) groups is 2. The summed E-state index contributed by atoms with van der Waals surface area (Å²) in [6, 6.07) is 17.0. The van der Waals surface area contributed by atoms with E-state index in [0.29, 0.717) is 44.5 Å². The Balaban J connectivity index is 1.52. The van der Waals surface area contributed by atoms with Crippen LogP contribution >= 0.6 is 34.7 Å². The van der Waals surface area contributed by atoms with Crippen molar-refractivity contribution in [3.05, 3.63) is 100 Å². The van der Waals surface area contributed by atoms with Crippen molar-refractivity contribution in [2.45, 2.75) is 36.4 Å². The summed E-state index contributed by atoms with van der Waals surface area (Å²) < 4.78 is 6.58. The van der Waals surface area contributed by atoms with Gasteiger partial charge in [-0.1, -0.05) is 78.9 Å². The molecule has 2 aromatic heterocycles. The summed E-state index contributed by atoms with van der Waals surface area (Å²) in [6.07, 6.45) is 3.90. The van der Waals surface area contributed by atoms with Crippen molar-refractivity contribution in [2.24, 2.45) is 5.92 Å². The molecule has 1 atom stereocenters. The lowest BCUT2D eigenvalue weighted by molar-refractivity contribution is -0.132. The van der Waals surface area contributed by atoms with Gasteiger partial charge in [-0.2, -0.15) is 0 Å². The van der Waals surface area contributed by atoms with Crippen molar-refractivity contribution >= 4 is 57.3 Å². The van der Waals surface area contributed by atoms with Gasteiger partial charge in [0, 0.05) is 28.7 Å². The molecule has 0 radical (unpaired) electrons. The Morgan fingerprint density at radius 1 is 1.10 bits per heavy atom. The first-order valence-corrected chi connectivity index (χ1v) is 15.2. The zero-order valence-electron chi connectivity index (χ0n) is 22.4. The molecule has 0 aliphatic carbocycles. The molecule has 0 saturated carbocycles. The van der Waals surface area contributed by atoms with Crippen LogP contribution in [-0.2, 0) is 15.3 Å². The van der Waals surface area contributed by atoms with Crippen LogP contribution in [0.3, 0.4) is 0 Å². The SMILES string of the molecule is CC(C)CCOc1cccc(C2/C(=C(\O)c3ccncc3)C(=O)C(=O)N2c2nnc(SCc3ccccc3Cl)s2)c1. The van der Waals surface area contributed by atoms with Gasteiger partial charge < -0.3 is 9.84 Å². The minimum atomic E-state index is -0.939.